The monoisotopic (exact) mass is 258 g/mol. The standard InChI is InChI=1S/C15H22N4/c1-3-11(4-2)9-14(19-16)15-10-17-12-7-5-6-8-13(12)18-15/h5-8,10-11,14,19H,3-4,9,16H2,1-2H3. The van der Waals surface area contributed by atoms with Gasteiger partial charge in [-0.15, -0.1) is 0 Å². The van der Waals surface area contributed by atoms with Gasteiger partial charge in [0.15, 0.2) is 0 Å². The largest absolute Gasteiger partial charge is 0.271 e. The number of nitrogens with zero attached hydrogens (tertiary/aromatic N) is 2. The van der Waals surface area contributed by atoms with Gasteiger partial charge < -0.3 is 0 Å². The van der Waals surface area contributed by atoms with Gasteiger partial charge in [0.05, 0.1) is 29.0 Å². The Morgan fingerprint density at radius 1 is 1.16 bits per heavy atom. The van der Waals surface area contributed by atoms with Crippen LogP contribution in [0.3, 0.4) is 0 Å². The van der Waals surface area contributed by atoms with Gasteiger partial charge in [-0.05, 0) is 24.5 Å². The predicted molar refractivity (Wildman–Crippen MR) is 78.3 cm³/mol. The molecule has 1 aromatic carbocycles. The van der Waals surface area contributed by atoms with Crippen molar-refractivity contribution in [1.29, 1.82) is 0 Å². The lowest BCUT2D eigenvalue weighted by atomic mass is 9.94. The first kappa shape index (κ1) is 13.9. The summed E-state index contributed by atoms with van der Waals surface area (Å²) in [5.74, 6) is 6.35. The fraction of sp³-hybridized carbons (Fsp3) is 0.467. The Morgan fingerprint density at radius 3 is 2.47 bits per heavy atom. The summed E-state index contributed by atoms with van der Waals surface area (Å²) in [6, 6.07) is 7.97. The molecule has 4 heteroatoms. The van der Waals surface area contributed by atoms with E-state index < -0.39 is 0 Å². The van der Waals surface area contributed by atoms with Gasteiger partial charge in [-0.3, -0.25) is 16.3 Å². The molecule has 102 valence electrons. The summed E-state index contributed by atoms with van der Waals surface area (Å²) in [5, 5.41) is 0. The minimum absolute atomic E-state index is 0.0713. The first-order chi connectivity index (χ1) is 9.28. The maximum Gasteiger partial charge on any atom is 0.0890 e. The molecule has 1 atom stereocenters. The molecule has 0 aliphatic heterocycles. The predicted octanol–water partition coefficient (Wildman–Crippen LogP) is 2.96. The number of fused-ring (bicyclic) bond motifs is 1. The summed E-state index contributed by atoms with van der Waals surface area (Å²) in [5.41, 5.74) is 5.65. The third-order valence-electron chi connectivity index (χ3n) is 3.75. The fourth-order valence-electron chi connectivity index (χ4n) is 2.37. The van der Waals surface area contributed by atoms with Crippen LogP contribution in [0.4, 0.5) is 0 Å². The van der Waals surface area contributed by atoms with Crippen molar-refractivity contribution in [1.82, 2.24) is 15.4 Å². The van der Waals surface area contributed by atoms with E-state index in [1.165, 1.54) is 0 Å². The third-order valence-corrected chi connectivity index (χ3v) is 3.75. The number of hydrogen-bond acceptors (Lipinski definition) is 4. The smallest absolute Gasteiger partial charge is 0.0890 e. The molecular weight excluding hydrogens is 236 g/mol. The summed E-state index contributed by atoms with van der Waals surface area (Å²) in [6.45, 7) is 4.43. The van der Waals surface area contributed by atoms with Crippen LogP contribution in [0, 0.1) is 5.92 Å². The van der Waals surface area contributed by atoms with Gasteiger partial charge in [0.1, 0.15) is 0 Å². The van der Waals surface area contributed by atoms with E-state index in [9.17, 15) is 0 Å². The van der Waals surface area contributed by atoms with E-state index >= 15 is 0 Å². The van der Waals surface area contributed by atoms with Crippen LogP contribution in [-0.2, 0) is 0 Å². The Hall–Kier alpha value is -1.52. The van der Waals surface area contributed by atoms with Crippen molar-refractivity contribution in [3.05, 3.63) is 36.2 Å². The second kappa shape index (κ2) is 6.59. The van der Waals surface area contributed by atoms with Crippen LogP contribution < -0.4 is 11.3 Å². The minimum atomic E-state index is 0.0713. The molecule has 0 spiro atoms. The van der Waals surface area contributed by atoms with E-state index in [0.29, 0.717) is 5.92 Å². The third kappa shape index (κ3) is 3.28. The second-order valence-corrected chi connectivity index (χ2v) is 4.92. The molecule has 19 heavy (non-hydrogen) atoms. The summed E-state index contributed by atoms with van der Waals surface area (Å²) >= 11 is 0. The van der Waals surface area contributed by atoms with Gasteiger partial charge in [-0.25, -0.2) is 4.98 Å². The summed E-state index contributed by atoms with van der Waals surface area (Å²) < 4.78 is 0. The number of benzene rings is 1. The molecule has 0 saturated heterocycles. The lowest BCUT2D eigenvalue weighted by Crippen LogP contribution is -2.30. The highest BCUT2D eigenvalue weighted by Crippen LogP contribution is 2.24. The van der Waals surface area contributed by atoms with Crippen molar-refractivity contribution in [2.75, 3.05) is 0 Å². The Balaban J connectivity index is 2.24. The molecule has 1 aromatic heterocycles. The topological polar surface area (TPSA) is 63.8 Å². The zero-order chi connectivity index (χ0) is 13.7. The van der Waals surface area contributed by atoms with Crippen LogP contribution in [0.15, 0.2) is 30.5 Å². The SMILES string of the molecule is CCC(CC)CC(NN)c1cnc2ccccc2n1. The Kier molecular flexibility index (Phi) is 4.82. The maximum absolute atomic E-state index is 5.69. The molecule has 0 fully saturated rings. The van der Waals surface area contributed by atoms with Crippen molar-refractivity contribution in [3.63, 3.8) is 0 Å². The van der Waals surface area contributed by atoms with E-state index in [2.05, 4.69) is 29.2 Å². The van der Waals surface area contributed by atoms with E-state index in [1.807, 2.05) is 30.5 Å². The zero-order valence-corrected chi connectivity index (χ0v) is 11.6. The molecule has 0 bridgehead atoms. The highest BCUT2D eigenvalue weighted by atomic mass is 15.2. The van der Waals surface area contributed by atoms with Gasteiger partial charge >= 0.3 is 0 Å². The highest BCUT2D eigenvalue weighted by molar-refractivity contribution is 5.73. The molecular formula is C15H22N4. The van der Waals surface area contributed by atoms with E-state index in [1.54, 1.807) is 0 Å². The Bertz CT molecular complexity index is 522. The molecule has 0 aliphatic rings. The van der Waals surface area contributed by atoms with Gasteiger partial charge in [-0.2, -0.15) is 0 Å². The molecule has 0 amide bonds. The minimum Gasteiger partial charge on any atom is -0.271 e. The number of nitrogens with two attached hydrogens (primary N) is 1. The molecule has 0 aliphatic carbocycles. The van der Waals surface area contributed by atoms with E-state index in [4.69, 9.17) is 5.84 Å². The molecule has 0 radical (unpaired) electrons. The molecule has 3 N–H and O–H groups in total. The molecule has 0 saturated carbocycles. The summed E-state index contributed by atoms with van der Waals surface area (Å²) in [6.07, 6.45) is 5.15. The van der Waals surface area contributed by atoms with Crippen LogP contribution in [-0.4, -0.2) is 9.97 Å². The van der Waals surface area contributed by atoms with Crippen LogP contribution in [0.5, 0.6) is 0 Å². The first-order valence-corrected chi connectivity index (χ1v) is 6.96. The van der Waals surface area contributed by atoms with Gasteiger partial charge in [0.25, 0.3) is 0 Å². The quantitative estimate of drug-likeness (QED) is 0.617. The van der Waals surface area contributed by atoms with Crippen LogP contribution in [0.1, 0.15) is 44.8 Å². The second-order valence-electron chi connectivity index (χ2n) is 4.92. The molecule has 2 aromatic rings. The van der Waals surface area contributed by atoms with E-state index in [-0.39, 0.29) is 6.04 Å². The molecule has 1 heterocycles. The molecule has 2 rings (SSSR count). The number of hydrogen-bond donors (Lipinski definition) is 2. The van der Waals surface area contributed by atoms with Crippen molar-refractivity contribution < 1.29 is 0 Å². The van der Waals surface area contributed by atoms with Crippen LogP contribution in [0.2, 0.25) is 0 Å². The summed E-state index contributed by atoms with van der Waals surface area (Å²) in [4.78, 5) is 9.11. The number of hydrazine groups is 1. The van der Waals surface area contributed by atoms with Crippen molar-refractivity contribution in [2.24, 2.45) is 11.8 Å². The first-order valence-electron chi connectivity index (χ1n) is 6.96. The maximum atomic E-state index is 5.69. The normalized spacial score (nSPS) is 13.1. The highest BCUT2D eigenvalue weighted by Gasteiger charge is 2.16. The lowest BCUT2D eigenvalue weighted by molar-refractivity contribution is 0.370. The fourth-order valence-corrected chi connectivity index (χ4v) is 2.37. The lowest BCUT2D eigenvalue weighted by Gasteiger charge is -2.20. The Morgan fingerprint density at radius 2 is 1.84 bits per heavy atom. The summed E-state index contributed by atoms with van der Waals surface area (Å²) in [7, 11) is 0. The number of rotatable bonds is 6. The number of nitrogens with one attached hydrogen (secondary N) is 1. The van der Waals surface area contributed by atoms with E-state index in [0.717, 1.165) is 36.0 Å². The average molecular weight is 258 g/mol. The van der Waals surface area contributed by atoms with Gasteiger partial charge in [0, 0.05) is 0 Å². The molecule has 4 nitrogen and oxygen atoms in total. The average Bonchev–Trinajstić information content (AvgIpc) is 2.48. The number of aromatic nitrogens is 2. The van der Waals surface area contributed by atoms with Crippen molar-refractivity contribution >= 4 is 11.0 Å². The van der Waals surface area contributed by atoms with Crippen LogP contribution >= 0.6 is 0 Å². The van der Waals surface area contributed by atoms with Crippen LogP contribution in [0.25, 0.3) is 11.0 Å². The Labute approximate surface area is 114 Å². The zero-order valence-electron chi connectivity index (χ0n) is 11.6. The van der Waals surface area contributed by atoms with Crippen molar-refractivity contribution in [3.8, 4) is 0 Å². The molecule has 1 unspecified atom stereocenters. The van der Waals surface area contributed by atoms with Crippen molar-refractivity contribution in [2.45, 2.75) is 39.2 Å². The van der Waals surface area contributed by atoms with Gasteiger partial charge in [0.2, 0.25) is 0 Å². The number of para-hydroxylation sites is 2. The van der Waals surface area contributed by atoms with Gasteiger partial charge in [-0.1, -0.05) is 38.8 Å².